The number of azo groups is 1. The van der Waals surface area contributed by atoms with Crippen LogP contribution >= 0.6 is 35.2 Å². The minimum atomic E-state index is -4.84. The van der Waals surface area contributed by atoms with E-state index in [1.807, 2.05) is 0 Å². The summed E-state index contributed by atoms with van der Waals surface area (Å²) < 4.78 is 38.9. The van der Waals surface area contributed by atoms with Crippen LogP contribution in [-0.4, -0.2) is 22.8 Å². The van der Waals surface area contributed by atoms with Crippen molar-refractivity contribution in [2.75, 3.05) is 0 Å². The first kappa shape index (κ1) is 30.8. The number of rotatable bonds is 7. The first-order valence-corrected chi connectivity index (χ1v) is 10.9. The number of nitrogens with one attached hydrogen (secondary N) is 1. The monoisotopic (exact) mass is 550 g/mol. The average Bonchev–Trinajstić information content (AvgIpc) is 2.99. The molecule has 11 nitrogen and oxygen atoms in total. The molecule has 0 fully saturated rings. The molecular formula is C16H10Cl2N4Na2O7S2. The van der Waals surface area contributed by atoms with E-state index in [1.54, 1.807) is 31.2 Å². The Morgan fingerprint density at radius 3 is 2.30 bits per heavy atom. The van der Waals surface area contributed by atoms with E-state index in [2.05, 4.69) is 24.7 Å². The summed E-state index contributed by atoms with van der Waals surface area (Å²) in [4.78, 5) is 12.6. The maximum absolute atomic E-state index is 12.8. The van der Waals surface area contributed by atoms with Gasteiger partial charge in [-0.25, -0.2) is 13.1 Å². The molecule has 1 aromatic heterocycles. The first-order chi connectivity index (χ1) is 14.6. The smallest absolute Gasteiger partial charge is 0.744 e. The van der Waals surface area contributed by atoms with Gasteiger partial charge in [0.1, 0.15) is 10.1 Å². The van der Waals surface area contributed by atoms with Gasteiger partial charge in [-0.2, -0.15) is 9.45 Å². The fourth-order valence-electron chi connectivity index (χ4n) is 2.44. The molecule has 0 aliphatic rings. The molecule has 3 rings (SSSR count). The first-order valence-electron chi connectivity index (χ1n) is 8.03. The second-order valence-corrected chi connectivity index (χ2v) is 8.76. The average molecular weight is 551 g/mol. The van der Waals surface area contributed by atoms with Gasteiger partial charge in [-0.15, -0.1) is 5.11 Å². The van der Waals surface area contributed by atoms with E-state index in [9.17, 15) is 23.0 Å². The van der Waals surface area contributed by atoms with Gasteiger partial charge in [0.25, 0.3) is 5.56 Å². The Bertz CT molecular complexity index is 1320. The van der Waals surface area contributed by atoms with Crippen LogP contribution in [-0.2, 0) is 19.5 Å². The van der Waals surface area contributed by atoms with Crippen molar-refractivity contribution >= 4 is 56.7 Å². The molecule has 0 amide bonds. The Balaban J connectivity index is 0.00000272. The fourth-order valence-corrected chi connectivity index (χ4v) is 4.10. The normalized spacial score (nSPS) is 11.3. The minimum Gasteiger partial charge on any atom is -0.744 e. The third-order valence-electron chi connectivity index (χ3n) is 3.81. The number of aromatic nitrogens is 2. The van der Waals surface area contributed by atoms with Crippen molar-refractivity contribution in [2.45, 2.75) is 16.7 Å². The third-order valence-corrected chi connectivity index (χ3v) is 6.00. The Morgan fingerprint density at radius 1 is 1.09 bits per heavy atom. The van der Waals surface area contributed by atoms with Crippen LogP contribution in [0, 0.1) is 6.92 Å². The van der Waals surface area contributed by atoms with Crippen molar-refractivity contribution in [3.8, 4) is 5.69 Å². The van der Waals surface area contributed by atoms with Crippen LogP contribution < -0.4 is 69.9 Å². The molecule has 0 atom stereocenters. The van der Waals surface area contributed by atoms with Crippen molar-refractivity contribution in [2.24, 2.45) is 10.2 Å². The maximum atomic E-state index is 12.8. The van der Waals surface area contributed by atoms with Gasteiger partial charge in [0, 0.05) is 4.90 Å². The molecule has 0 radical (unpaired) electrons. The zero-order chi connectivity index (χ0) is 22.8. The van der Waals surface area contributed by atoms with Gasteiger partial charge in [0.15, 0.2) is 5.69 Å². The molecule has 0 bridgehead atoms. The topological polar surface area (TPSA) is 161 Å². The molecule has 17 heteroatoms. The fraction of sp³-hybridized carbons (Fsp3) is 0.0625. The molecule has 1 heterocycles. The Hall–Kier alpha value is -0.230. The number of aromatic amines is 1. The summed E-state index contributed by atoms with van der Waals surface area (Å²) in [6.45, 7) is 1.57. The Labute approximate surface area is 245 Å². The Morgan fingerprint density at radius 2 is 1.73 bits per heavy atom. The molecule has 0 saturated heterocycles. The zero-order valence-corrected chi connectivity index (χ0v) is 24.4. The summed E-state index contributed by atoms with van der Waals surface area (Å²) >= 11 is 12.6. The molecule has 0 unspecified atom stereocenters. The van der Waals surface area contributed by atoms with Crippen LogP contribution in [0.5, 0.6) is 0 Å². The van der Waals surface area contributed by atoms with Crippen LogP contribution in [0.15, 0.2) is 61.2 Å². The standard InChI is InChI=1S/C16H12Cl2N4O7S2.2Na/c1-8-15(20-19-9-2-4-10(5-3-9)30-29-28-24)16(23)22(21-8)13-6-12(18)14(7-11(13)17)31(25,26)27;;/h2-7,21,24H,1H3,(H,25,26,27);;/q;2*+1/p-2. The number of benzene rings is 2. The van der Waals surface area contributed by atoms with Gasteiger partial charge in [-0.05, 0) is 43.3 Å². The van der Waals surface area contributed by atoms with Crippen LogP contribution in [0.3, 0.4) is 0 Å². The summed E-state index contributed by atoms with van der Waals surface area (Å²) in [5, 5.41) is 23.2. The molecule has 164 valence electrons. The molecule has 0 saturated carbocycles. The molecule has 1 N–H and O–H groups in total. The summed E-state index contributed by atoms with van der Waals surface area (Å²) in [6, 6.07) is 8.27. The summed E-state index contributed by atoms with van der Waals surface area (Å²) in [6.07, 6.45) is 0. The Kier molecular flexibility index (Phi) is 12.3. The van der Waals surface area contributed by atoms with Crippen molar-refractivity contribution in [3.63, 3.8) is 0 Å². The molecule has 3 aromatic rings. The molecule has 33 heavy (non-hydrogen) atoms. The number of hydrogen-bond acceptors (Lipinski definition) is 10. The van der Waals surface area contributed by atoms with Crippen LogP contribution in [0.4, 0.5) is 11.4 Å². The van der Waals surface area contributed by atoms with E-state index >= 15 is 0 Å². The summed E-state index contributed by atoms with van der Waals surface area (Å²) in [5.41, 5.74) is 0.106. The molecule has 0 aliphatic carbocycles. The third kappa shape index (κ3) is 7.62. The quantitative estimate of drug-likeness (QED) is 0.0832. The number of aryl methyl sites for hydroxylation is 1. The van der Waals surface area contributed by atoms with Crippen LogP contribution in [0.1, 0.15) is 5.69 Å². The van der Waals surface area contributed by atoms with E-state index in [-0.39, 0.29) is 80.5 Å². The number of hydrogen-bond donors (Lipinski definition) is 1. The van der Waals surface area contributed by atoms with Gasteiger partial charge < -0.3 is 9.81 Å². The molecule has 0 aliphatic heterocycles. The van der Waals surface area contributed by atoms with E-state index in [0.29, 0.717) is 28.3 Å². The largest absolute Gasteiger partial charge is 1.00 e. The molecule has 2 aromatic carbocycles. The van der Waals surface area contributed by atoms with E-state index in [1.165, 1.54) is 0 Å². The summed E-state index contributed by atoms with van der Waals surface area (Å²) in [5.74, 6) is 0. The van der Waals surface area contributed by atoms with Gasteiger partial charge in [-0.3, -0.25) is 14.9 Å². The van der Waals surface area contributed by atoms with Crippen molar-refractivity contribution < 1.29 is 86.7 Å². The van der Waals surface area contributed by atoms with Crippen molar-refractivity contribution in [1.82, 2.24) is 9.78 Å². The van der Waals surface area contributed by atoms with E-state index in [4.69, 9.17) is 23.2 Å². The maximum Gasteiger partial charge on any atom is 1.00 e. The van der Waals surface area contributed by atoms with Gasteiger partial charge in [-0.1, -0.05) is 23.2 Å². The van der Waals surface area contributed by atoms with Gasteiger partial charge in [0.2, 0.25) is 0 Å². The van der Waals surface area contributed by atoms with Crippen molar-refractivity contribution in [1.29, 1.82) is 0 Å². The van der Waals surface area contributed by atoms with Crippen LogP contribution in [0.25, 0.3) is 5.69 Å². The van der Waals surface area contributed by atoms with Crippen molar-refractivity contribution in [3.05, 3.63) is 62.5 Å². The number of H-pyrrole nitrogens is 1. The van der Waals surface area contributed by atoms with E-state index in [0.717, 1.165) is 16.8 Å². The van der Waals surface area contributed by atoms with Crippen LogP contribution in [0.2, 0.25) is 10.0 Å². The minimum absolute atomic E-state index is 0. The molecular weight excluding hydrogens is 541 g/mol. The second kappa shape index (κ2) is 13.2. The molecule has 0 spiro atoms. The predicted octanol–water partition coefficient (Wildman–Crippen LogP) is -2.66. The summed E-state index contributed by atoms with van der Waals surface area (Å²) in [7, 11) is -4.84. The van der Waals surface area contributed by atoms with Gasteiger partial charge in [0.05, 0.1) is 44.1 Å². The second-order valence-electron chi connectivity index (χ2n) is 5.83. The van der Waals surface area contributed by atoms with E-state index < -0.39 is 20.6 Å². The SMILES string of the molecule is Cc1[nH]n(-c2cc(Cl)c(S(=O)(=O)[O-])cc2Cl)c(=O)c1N=Nc1ccc(SOO[O-])cc1.[Na+].[Na+]. The zero-order valence-electron chi connectivity index (χ0n) is 17.2. The van der Waals surface area contributed by atoms with Gasteiger partial charge >= 0.3 is 59.1 Å². The predicted molar refractivity (Wildman–Crippen MR) is 108 cm³/mol. The number of nitrogens with zero attached hydrogens (tertiary/aromatic N) is 3. The number of halogens is 2.